The molecule has 204 valence electrons. The zero-order chi connectivity index (χ0) is 27.7. The fourth-order valence-electron chi connectivity index (χ4n) is 4.21. The highest BCUT2D eigenvalue weighted by Gasteiger charge is 2.25. The summed E-state index contributed by atoms with van der Waals surface area (Å²) in [6.07, 6.45) is 1.61. The molecule has 0 aliphatic rings. The molecule has 0 saturated heterocycles. The monoisotopic (exact) mass is 539 g/mol. The molecule has 1 amide bonds. The Balaban J connectivity index is 1.87. The number of nitrogens with zero attached hydrogens (tertiary/aromatic N) is 2. The van der Waals surface area contributed by atoms with E-state index in [2.05, 4.69) is 10.3 Å². The van der Waals surface area contributed by atoms with E-state index in [-0.39, 0.29) is 35.8 Å². The van der Waals surface area contributed by atoms with Crippen molar-refractivity contribution in [1.82, 2.24) is 14.9 Å². The smallest absolute Gasteiger partial charge is 0.297 e. The van der Waals surface area contributed by atoms with E-state index in [0.717, 1.165) is 34.3 Å². The molecule has 0 spiro atoms. The van der Waals surface area contributed by atoms with Crippen molar-refractivity contribution in [1.29, 1.82) is 0 Å². The number of aryl methyl sites for hydroxylation is 1. The van der Waals surface area contributed by atoms with Gasteiger partial charge in [-0.1, -0.05) is 81.9 Å². The Hall–Kier alpha value is -3.13. The zero-order valence-electron chi connectivity index (χ0n) is 22.9. The van der Waals surface area contributed by atoms with E-state index in [1.54, 1.807) is 19.1 Å². The number of aromatic nitrogens is 2. The summed E-state index contributed by atoms with van der Waals surface area (Å²) in [5.41, 5.74) is 3.81. The quantitative estimate of drug-likeness (QED) is 0.272. The van der Waals surface area contributed by atoms with E-state index in [1.807, 2.05) is 68.7 Å². The van der Waals surface area contributed by atoms with E-state index in [0.29, 0.717) is 37.4 Å². The highest BCUT2D eigenvalue weighted by atomic mass is 32.2. The molecule has 38 heavy (non-hydrogen) atoms. The largest absolute Gasteiger partial charge is 0.465 e. The lowest BCUT2D eigenvalue weighted by Gasteiger charge is -2.18. The molecule has 0 aliphatic carbocycles. The standard InChI is InChI=1S/C30H38FN3O3S/c1-6-25-26(18-32-29(36)27(16-20(4)5)38-28(35)7-2)34(30(33-25)37-8-3)19-23-15-14-22(17-24(23)31)21-12-10-9-11-13-21/h9-15,17,20,27H,6-8,16,18-19H2,1-5H3,(H,32,36). The number of rotatable bonds is 13. The number of amides is 1. The van der Waals surface area contributed by atoms with Gasteiger partial charge in [0, 0.05) is 12.0 Å². The lowest BCUT2D eigenvalue weighted by Crippen LogP contribution is -2.34. The number of hydrogen-bond donors (Lipinski definition) is 1. The second-order valence-corrected chi connectivity index (χ2v) is 10.8. The van der Waals surface area contributed by atoms with Gasteiger partial charge in [0.1, 0.15) is 5.82 Å². The van der Waals surface area contributed by atoms with E-state index in [4.69, 9.17) is 4.74 Å². The number of carbonyl (C=O) groups excluding carboxylic acids is 2. The summed E-state index contributed by atoms with van der Waals surface area (Å²) >= 11 is 1.10. The first-order chi connectivity index (χ1) is 18.3. The van der Waals surface area contributed by atoms with Crippen molar-refractivity contribution in [2.24, 2.45) is 5.92 Å². The van der Waals surface area contributed by atoms with Crippen LogP contribution in [0.1, 0.15) is 64.4 Å². The highest BCUT2D eigenvalue weighted by Crippen LogP contribution is 2.26. The Morgan fingerprint density at radius 1 is 1.08 bits per heavy atom. The second-order valence-electron chi connectivity index (χ2n) is 9.51. The molecule has 1 atom stereocenters. The average Bonchev–Trinajstić information content (AvgIpc) is 3.24. The molecule has 0 bridgehead atoms. The van der Waals surface area contributed by atoms with Crippen molar-refractivity contribution in [3.05, 3.63) is 71.3 Å². The summed E-state index contributed by atoms with van der Waals surface area (Å²) in [6, 6.07) is 15.3. The lowest BCUT2D eigenvalue weighted by atomic mass is 10.0. The molecule has 8 heteroatoms. The van der Waals surface area contributed by atoms with Crippen LogP contribution in [0, 0.1) is 11.7 Å². The molecule has 0 radical (unpaired) electrons. The average molecular weight is 540 g/mol. The Labute approximate surface area is 229 Å². The highest BCUT2D eigenvalue weighted by molar-refractivity contribution is 8.14. The molecule has 1 unspecified atom stereocenters. The van der Waals surface area contributed by atoms with Gasteiger partial charge in [-0.25, -0.2) is 4.39 Å². The molecule has 0 aliphatic heterocycles. The van der Waals surface area contributed by atoms with Gasteiger partial charge in [0.05, 0.1) is 36.3 Å². The van der Waals surface area contributed by atoms with Crippen LogP contribution in [0.15, 0.2) is 48.5 Å². The third-order valence-corrected chi connectivity index (χ3v) is 7.43. The molecular weight excluding hydrogens is 501 g/mol. The summed E-state index contributed by atoms with van der Waals surface area (Å²) in [5.74, 6) is -0.232. The summed E-state index contributed by atoms with van der Waals surface area (Å²) in [7, 11) is 0. The normalized spacial score (nSPS) is 12.0. The fourth-order valence-corrected chi connectivity index (χ4v) is 5.37. The maximum Gasteiger partial charge on any atom is 0.297 e. The van der Waals surface area contributed by atoms with Crippen LogP contribution < -0.4 is 10.1 Å². The first-order valence-electron chi connectivity index (χ1n) is 13.3. The van der Waals surface area contributed by atoms with Crippen molar-refractivity contribution in [3.63, 3.8) is 0 Å². The molecule has 1 N–H and O–H groups in total. The van der Waals surface area contributed by atoms with Crippen molar-refractivity contribution < 1.29 is 18.7 Å². The van der Waals surface area contributed by atoms with Crippen molar-refractivity contribution in [3.8, 4) is 17.1 Å². The number of ether oxygens (including phenoxy) is 1. The van der Waals surface area contributed by atoms with Gasteiger partial charge in [0.2, 0.25) is 5.91 Å². The molecule has 0 saturated carbocycles. The maximum absolute atomic E-state index is 15.3. The van der Waals surface area contributed by atoms with Gasteiger partial charge in [0.25, 0.3) is 6.01 Å². The molecule has 3 aromatic rings. The first-order valence-corrected chi connectivity index (χ1v) is 14.2. The zero-order valence-corrected chi connectivity index (χ0v) is 23.7. The van der Waals surface area contributed by atoms with Crippen LogP contribution in [0.5, 0.6) is 6.01 Å². The summed E-state index contributed by atoms with van der Waals surface area (Å²) in [6.45, 7) is 10.6. The maximum atomic E-state index is 15.3. The van der Waals surface area contributed by atoms with Crippen molar-refractivity contribution in [2.45, 2.75) is 72.2 Å². The minimum atomic E-state index is -0.460. The van der Waals surface area contributed by atoms with Gasteiger partial charge in [-0.3, -0.25) is 14.2 Å². The number of imidazole rings is 1. The van der Waals surface area contributed by atoms with Crippen molar-refractivity contribution in [2.75, 3.05) is 6.61 Å². The van der Waals surface area contributed by atoms with Crippen LogP contribution >= 0.6 is 11.8 Å². The molecular formula is C30H38FN3O3S. The van der Waals surface area contributed by atoms with Crippen LogP contribution in [0.4, 0.5) is 4.39 Å². The lowest BCUT2D eigenvalue weighted by molar-refractivity contribution is -0.121. The van der Waals surface area contributed by atoms with Crippen molar-refractivity contribution >= 4 is 22.8 Å². The Morgan fingerprint density at radius 3 is 2.42 bits per heavy atom. The number of halogens is 1. The third kappa shape index (κ3) is 7.69. The predicted molar refractivity (Wildman–Crippen MR) is 152 cm³/mol. The predicted octanol–water partition coefficient (Wildman–Crippen LogP) is 6.40. The Kier molecular flexibility index (Phi) is 11.0. The Bertz CT molecular complexity index is 1230. The first kappa shape index (κ1) is 29.4. The summed E-state index contributed by atoms with van der Waals surface area (Å²) < 4.78 is 22.9. The second kappa shape index (κ2) is 14.1. The number of benzene rings is 2. The summed E-state index contributed by atoms with van der Waals surface area (Å²) in [4.78, 5) is 29.9. The Morgan fingerprint density at radius 2 is 1.82 bits per heavy atom. The third-order valence-electron chi connectivity index (χ3n) is 6.19. The van der Waals surface area contributed by atoms with Gasteiger partial charge in [-0.15, -0.1) is 0 Å². The van der Waals surface area contributed by atoms with Gasteiger partial charge in [-0.2, -0.15) is 4.98 Å². The molecule has 2 aromatic carbocycles. The van der Waals surface area contributed by atoms with E-state index < -0.39 is 5.25 Å². The topological polar surface area (TPSA) is 73.2 Å². The van der Waals surface area contributed by atoms with Crippen LogP contribution in [-0.4, -0.2) is 32.4 Å². The van der Waals surface area contributed by atoms with Crippen LogP contribution in [0.2, 0.25) is 0 Å². The molecule has 3 rings (SSSR count). The van der Waals surface area contributed by atoms with Gasteiger partial charge >= 0.3 is 0 Å². The molecule has 1 aromatic heterocycles. The van der Waals surface area contributed by atoms with Crippen LogP contribution in [0.3, 0.4) is 0 Å². The fraction of sp³-hybridized carbons (Fsp3) is 0.433. The van der Waals surface area contributed by atoms with Gasteiger partial charge in [0.15, 0.2) is 5.12 Å². The van der Waals surface area contributed by atoms with Crippen LogP contribution in [0.25, 0.3) is 11.1 Å². The minimum Gasteiger partial charge on any atom is -0.465 e. The number of carbonyl (C=O) groups is 2. The molecule has 0 fully saturated rings. The molecule has 6 nitrogen and oxygen atoms in total. The van der Waals surface area contributed by atoms with E-state index >= 15 is 4.39 Å². The summed E-state index contributed by atoms with van der Waals surface area (Å²) in [5, 5.41) is 2.55. The number of thioether (sulfide) groups is 1. The van der Waals surface area contributed by atoms with Gasteiger partial charge in [-0.05, 0) is 42.9 Å². The number of hydrogen-bond acceptors (Lipinski definition) is 5. The van der Waals surface area contributed by atoms with E-state index in [9.17, 15) is 9.59 Å². The number of nitrogens with one attached hydrogen (secondary N) is 1. The SMILES string of the molecule is CCOc1nc(CC)c(CNC(=O)C(CC(C)C)SC(=O)CC)n1Cc1ccc(-c2ccccc2)cc1F. The van der Waals surface area contributed by atoms with E-state index in [1.165, 1.54) is 0 Å². The minimum absolute atomic E-state index is 0.00172. The van der Waals surface area contributed by atoms with Crippen LogP contribution in [-0.2, 0) is 29.1 Å². The van der Waals surface area contributed by atoms with Gasteiger partial charge < -0.3 is 10.1 Å². The molecule has 1 heterocycles.